The molecule has 8 heteroatoms. The number of hydrogen-bond acceptors (Lipinski definition) is 3. The zero-order chi connectivity index (χ0) is 18.3. The van der Waals surface area contributed by atoms with Crippen molar-refractivity contribution in [2.24, 2.45) is 0 Å². The van der Waals surface area contributed by atoms with E-state index in [1.807, 2.05) is 18.2 Å². The Labute approximate surface area is 146 Å². The molecule has 25 heavy (non-hydrogen) atoms. The summed E-state index contributed by atoms with van der Waals surface area (Å²) in [4.78, 5) is 11.8. The Morgan fingerprint density at radius 3 is 2.48 bits per heavy atom. The van der Waals surface area contributed by atoms with Gasteiger partial charge < -0.3 is 5.32 Å². The predicted molar refractivity (Wildman–Crippen MR) is 94.6 cm³/mol. The first kappa shape index (κ1) is 19.0. The van der Waals surface area contributed by atoms with Crippen LogP contribution < -0.4 is 14.8 Å². The van der Waals surface area contributed by atoms with E-state index in [4.69, 9.17) is 0 Å². The van der Waals surface area contributed by atoms with Gasteiger partial charge in [-0.15, -0.1) is 0 Å². The highest BCUT2D eigenvalue weighted by Gasteiger charge is 2.11. The fourth-order valence-corrected chi connectivity index (χ4v) is 2.89. The Kier molecular flexibility index (Phi) is 6.63. The number of nitrogens with one attached hydrogen (secondary N) is 3. The van der Waals surface area contributed by atoms with Gasteiger partial charge in [0.15, 0.2) is 0 Å². The molecule has 134 valence electrons. The highest BCUT2D eigenvalue weighted by atomic mass is 32.2. The lowest BCUT2D eigenvalue weighted by molar-refractivity contribution is -0.116. The number of benzene rings is 2. The molecule has 0 heterocycles. The van der Waals surface area contributed by atoms with E-state index in [0.717, 1.165) is 11.1 Å². The van der Waals surface area contributed by atoms with Crippen LogP contribution in [0.3, 0.4) is 0 Å². The van der Waals surface area contributed by atoms with Crippen LogP contribution in [-0.2, 0) is 21.5 Å². The molecule has 1 amide bonds. The molecule has 0 unspecified atom stereocenters. The Morgan fingerprint density at radius 2 is 1.80 bits per heavy atom. The van der Waals surface area contributed by atoms with Crippen LogP contribution in [-0.4, -0.2) is 20.9 Å². The van der Waals surface area contributed by atoms with E-state index in [9.17, 15) is 17.6 Å². The SMILES string of the molecule is Cc1ccc(NC(=O)CCNS(=O)(=O)NCc2ccccc2)c(F)c1. The summed E-state index contributed by atoms with van der Waals surface area (Å²) < 4.78 is 41.9. The molecule has 0 aliphatic carbocycles. The molecule has 0 radical (unpaired) electrons. The maximum Gasteiger partial charge on any atom is 0.277 e. The normalized spacial score (nSPS) is 11.3. The Morgan fingerprint density at radius 1 is 1.08 bits per heavy atom. The van der Waals surface area contributed by atoms with E-state index in [1.54, 1.807) is 25.1 Å². The van der Waals surface area contributed by atoms with Gasteiger partial charge in [0.25, 0.3) is 10.2 Å². The van der Waals surface area contributed by atoms with Gasteiger partial charge in [0.05, 0.1) is 5.69 Å². The largest absolute Gasteiger partial charge is 0.324 e. The first-order chi connectivity index (χ1) is 11.9. The lowest BCUT2D eigenvalue weighted by Crippen LogP contribution is -2.37. The van der Waals surface area contributed by atoms with E-state index in [-0.39, 0.29) is 25.2 Å². The average molecular weight is 365 g/mol. The van der Waals surface area contributed by atoms with E-state index < -0.39 is 21.9 Å². The second kappa shape index (κ2) is 8.70. The van der Waals surface area contributed by atoms with Crippen molar-refractivity contribution in [2.45, 2.75) is 19.9 Å². The third-order valence-corrected chi connectivity index (χ3v) is 4.46. The standard InChI is InChI=1S/C17H20FN3O3S/c1-13-7-8-16(15(18)11-13)21-17(22)9-10-19-25(23,24)20-12-14-5-3-2-4-6-14/h2-8,11,19-20H,9-10,12H2,1H3,(H,21,22). The number of hydrogen-bond donors (Lipinski definition) is 3. The summed E-state index contributed by atoms with van der Waals surface area (Å²) in [6, 6.07) is 13.5. The average Bonchev–Trinajstić information content (AvgIpc) is 2.56. The fourth-order valence-electron chi connectivity index (χ4n) is 2.06. The van der Waals surface area contributed by atoms with Crippen molar-refractivity contribution in [1.82, 2.24) is 9.44 Å². The summed E-state index contributed by atoms with van der Waals surface area (Å²) in [7, 11) is -3.72. The summed E-state index contributed by atoms with van der Waals surface area (Å²) in [5, 5.41) is 2.41. The maximum atomic E-state index is 13.6. The van der Waals surface area contributed by atoms with E-state index in [1.165, 1.54) is 12.1 Å². The smallest absolute Gasteiger partial charge is 0.277 e. The third-order valence-electron chi connectivity index (χ3n) is 3.35. The summed E-state index contributed by atoms with van der Waals surface area (Å²) in [5.74, 6) is -1.01. The van der Waals surface area contributed by atoms with Crippen LogP contribution in [0.1, 0.15) is 17.5 Å². The first-order valence-electron chi connectivity index (χ1n) is 7.70. The van der Waals surface area contributed by atoms with Gasteiger partial charge in [-0.2, -0.15) is 13.1 Å². The van der Waals surface area contributed by atoms with E-state index in [2.05, 4.69) is 14.8 Å². The number of anilines is 1. The number of carbonyl (C=O) groups excluding carboxylic acids is 1. The van der Waals surface area contributed by atoms with Gasteiger partial charge in [0.1, 0.15) is 5.82 Å². The van der Waals surface area contributed by atoms with Gasteiger partial charge in [-0.25, -0.2) is 9.11 Å². The molecule has 0 saturated heterocycles. The molecule has 0 aliphatic rings. The number of aryl methyl sites for hydroxylation is 1. The summed E-state index contributed by atoms with van der Waals surface area (Å²) in [6.07, 6.45) is -0.112. The van der Waals surface area contributed by atoms with Crippen LogP contribution in [0.5, 0.6) is 0 Å². The highest BCUT2D eigenvalue weighted by Crippen LogP contribution is 2.15. The zero-order valence-electron chi connectivity index (χ0n) is 13.8. The molecule has 2 rings (SSSR count). The van der Waals surface area contributed by atoms with Crippen molar-refractivity contribution < 1.29 is 17.6 Å². The lowest BCUT2D eigenvalue weighted by atomic mass is 10.2. The number of amides is 1. The molecule has 0 spiro atoms. The van der Waals surface area contributed by atoms with Crippen molar-refractivity contribution in [3.63, 3.8) is 0 Å². The predicted octanol–water partition coefficient (Wildman–Crippen LogP) is 2.09. The molecule has 0 bridgehead atoms. The van der Waals surface area contributed by atoms with Crippen molar-refractivity contribution in [3.05, 3.63) is 65.5 Å². The van der Waals surface area contributed by atoms with Crippen LogP contribution in [0.4, 0.5) is 10.1 Å². The Balaban J connectivity index is 1.76. The quantitative estimate of drug-likeness (QED) is 0.669. The minimum Gasteiger partial charge on any atom is -0.324 e. The van der Waals surface area contributed by atoms with Gasteiger partial charge in [-0.05, 0) is 30.2 Å². The summed E-state index contributed by atoms with van der Waals surface area (Å²) in [5.41, 5.74) is 1.63. The van der Waals surface area contributed by atoms with Crippen LogP contribution in [0.15, 0.2) is 48.5 Å². The van der Waals surface area contributed by atoms with Crippen molar-refractivity contribution in [1.29, 1.82) is 0 Å². The van der Waals surface area contributed by atoms with Gasteiger partial charge in [-0.1, -0.05) is 36.4 Å². The van der Waals surface area contributed by atoms with E-state index >= 15 is 0 Å². The summed E-state index contributed by atoms with van der Waals surface area (Å²) >= 11 is 0. The molecule has 0 fully saturated rings. The molecule has 6 nitrogen and oxygen atoms in total. The topological polar surface area (TPSA) is 87.3 Å². The molecule has 2 aromatic rings. The van der Waals surface area contributed by atoms with Crippen LogP contribution in [0.25, 0.3) is 0 Å². The maximum absolute atomic E-state index is 13.6. The molecular weight excluding hydrogens is 345 g/mol. The van der Waals surface area contributed by atoms with Crippen LogP contribution >= 0.6 is 0 Å². The lowest BCUT2D eigenvalue weighted by Gasteiger charge is -2.09. The van der Waals surface area contributed by atoms with Gasteiger partial charge in [0.2, 0.25) is 5.91 Å². The molecule has 2 aromatic carbocycles. The van der Waals surface area contributed by atoms with Crippen molar-refractivity contribution >= 4 is 21.8 Å². The number of carbonyl (C=O) groups is 1. The van der Waals surface area contributed by atoms with Crippen LogP contribution in [0, 0.1) is 12.7 Å². The Bertz CT molecular complexity index is 826. The second-order valence-corrected chi connectivity index (χ2v) is 7.07. The summed E-state index contributed by atoms with van der Waals surface area (Å²) in [6.45, 7) is 1.80. The highest BCUT2D eigenvalue weighted by molar-refractivity contribution is 7.87. The Hall–Kier alpha value is -2.29. The third kappa shape index (κ3) is 6.61. The van der Waals surface area contributed by atoms with Crippen molar-refractivity contribution in [2.75, 3.05) is 11.9 Å². The molecular formula is C17H20FN3O3S. The number of rotatable bonds is 8. The van der Waals surface area contributed by atoms with Crippen molar-refractivity contribution in [3.8, 4) is 0 Å². The van der Waals surface area contributed by atoms with Gasteiger partial charge in [-0.3, -0.25) is 4.79 Å². The minimum atomic E-state index is -3.72. The van der Waals surface area contributed by atoms with E-state index in [0.29, 0.717) is 0 Å². The zero-order valence-corrected chi connectivity index (χ0v) is 14.6. The second-order valence-electron chi connectivity index (χ2n) is 5.49. The monoisotopic (exact) mass is 365 g/mol. The minimum absolute atomic E-state index is 0.0701. The first-order valence-corrected chi connectivity index (χ1v) is 9.18. The molecule has 3 N–H and O–H groups in total. The molecule has 0 aromatic heterocycles. The molecule has 0 aliphatic heterocycles. The van der Waals surface area contributed by atoms with Gasteiger partial charge >= 0.3 is 0 Å². The van der Waals surface area contributed by atoms with Gasteiger partial charge in [0, 0.05) is 19.5 Å². The molecule has 0 saturated carbocycles. The van der Waals surface area contributed by atoms with Crippen LogP contribution in [0.2, 0.25) is 0 Å². The fraction of sp³-hybridized carbons (Fsp3) is 0.235. The number of halogens is 1. The molecule has 0 atom stereocenters.